The topological polar surface area (TPSA) is 88.4 Å². The van der Waals surface area contributed by atoms with Gasteiger partial charge in [-0.15, -0.1) is 0 Å². The maximum atomic E-state index is 8.13. The molecule has 0 saturated heterocycles. The highest BCUT2D eigenvalue weighted by Gasteiger charge is 2.09. The number of hydrogen-bond donors (Lipinski definition) is 3. The Bertz CT molecular complexity index is 80.1. The van der Waals surface area contributed by atoms with Gasteiger partial charge < -0.3 is 0 Å². The minimum absolute atomic E-state index is 0.00528. The largest absolute Gasteiger partial charge is 0.252 e. The molecule has 0 aromatic heterocycles. The average molecular weight is 182 g/mol. The molecule has 0 unspecified atom stereocenters. The van der Waals surface area contributed by atoms with Crippen LogP contribution < -0.4 is 0 Å². The predicted octanol–water partition coefficient (Wildman–Crippen LogP) is 0.852. The van der Waals surface area contributed by atoms with Gasteiger partial charge in [0.15, 0.2) is 0 Å². The van der Waals surface area contributed by atoms with Crippen LogP contribution in [0.3, 0.4) is 0 Å². The van der Waals surface area contributed by atoms with Crippen molar-refractivity contribution in [2.45, 2.75) is 12.8 Å². The first-order valence-corrected chi connectivity index (χ1v) is 3.64. The molecule has 0 aliphatic heterocycles. The summed E-state index contributed by atoms with van der Waals surface area (Å²) in [6.07, 6.45) is 1.06. The summed E-state index contributed by atoms with van der Waals surface area (Å²) in [7, 11) is 0. The first kappa shape index (κ1) is 11.8. The maximum absolute atomic E-state index is 8.13. The lowest BCUT2D eigenvalue weighted by Crippen LogP contribution is -2.13. The zero-order valence-corrected chi connectivity index (χ0v) is 6.68. The van der Waals surface area contributed by atoms with Crippen molar-refractivity contribution in [1.29, 1.82) is 0 Å². The van der Waals surface area contributed by atoms with Crippen molar-refractivity contribution in [3.8, 4) is 0 Å². The fraction of sp³-hybridized carbons (Fsp3) is 1.00. The van der Waals surface area contributed by atoms with Gasteiger partial charge in [0.05, 0.1) is 19.8 Å². The molecule has 3 N–H and O–H groups in total. The molecular formula is C6H14O6. The van der Waals surface area contributed by atoms with E-state index in [1.165, 1.54) is 0 Å². The maximum Gasteiger partial charge on any atom is 0.0849 e. The summed E-state index contributed by atoms with van der Waals surface area (Å²) < 4.78 is 0. The molecule has 12 heavy (non-hydrogen) atoms. The van der Waals surface area contributed by atoms with Crippen LogP contribution >= 0.6 is 0 Å². The SMILES string of the molecule is OOCCC(CCOO)COO. The minimum Gasteiger partial charge on any atom is -0.252 e. The average Bonchev–Trinajstić information content (AvgIpc) is 2.10. The van der Waals surface area contributed by atoms with E-state index in [0.29, 0.717) is 12.8 Å². The fourth-order valence-electron chi connectivity index (χ4n) is 0.855. The van der Waals surface area contributed by atoms with E-state index in [-0.39, 0.29) is 25.7 Å². The normalized spacial score (nSPS) is 11.0. The molecule has 0 rings (SSSR count). The van der Waals surface area contributed by atoms with Crippen LogP contribution in [-0.4, -0.2) is 35.6 Å². The van der Waals surface area contributed by atoms with Gasteiger partial charge in [-0.3, -0.25) is 15.8 Å². The molecule has 6 nitrogen and oxygen atoms in total. The molecule has 0 amide bonds. The summed E-state index contributed by atoms with van der Waals surface area (Å²) in [6.45, 7) is 0.464. The Balaban J connectivity index is 3.40. The molecule has 0 aromatic rings. The van der Waals surface area contributed by atoms with E-state index in [9.17, 15) is 0 Å². The van der Waals surface area contributed by atoms with Crippen LogP contribution in [0.2, 0.25) is 0 Å². The molecule has 0 radical (unpaired) electrons. The Morgan fingerprint density at radius 3 is 1.67 bits per heavy atom. The third-order valence-corrected chi connectivity index (χ3v) is 1.55. The van der Waals surface area contributed by atoms with Gasteiger partial charge in [-0.25, -0.2) is 14.7 Å². The van der Waals surface area contributed by atoms with Crippen LogP contribution in [0.4, 0.5) is 0 Å². The monoisotopic (exact) mass is 182 g/mol. The summed E-state index contributed by atoms with van der Waals surface area (Å²) in [5.74, 6) is -0.00528. The summed E-state index contributed by atoms with van der Waals surface area (Å²) in [5.41, 5.74) is 0. The van der Waals surface area contributed by atoms with Crippen LogP contribution in [0, 0.1) is 5.92 Å². The summed E-state index contributed by atoms with van der Waals surface area (Å²) in [6, 6.07) is 0. The molecule has 0 spiro atoms. The molecule has 0 aromatic carbocycles. The van der Waals surface area contributed by atoms with Gasteiger partial charge in [-0.2, -0.15) is 0 Å². The predicted molar refractivity (Wildman–Crippen MR) is 38.5 cm³/mol. The van der Waals surface area contributed by atoms with E-state index < -0.39 is 0 Å². The van der Waals surface area contributed by atoms with Crippen LogP contribution in [0.1, 0.15) is 12.8 Å². The van der Waals surface area contributed by atoms with Crippen molar-refractivity contribution in [1.82, 2.24) is 0 Å². The summed E-state index contributed by atoms with van der Waals surface area (Å²) >= 11 is 0. The molecule has 0 bridgehead atoms. The van der Waals surface area contributed by atoms with Gasteiger partial charge in [0.2, 0.25) is 0 Å². The first-order chi connectivity index (χ1) is 5.85. The highest BCUT2D eigenvalue weighted by atomic mass is 17.1. The first-order valence-electron chi connectivity index (χ1n) is 3.64. The quantitative estimate of drug-likeness (QED) is 0.381. The molecule has 0 aliphatic carbocycles. The van der Waals surface area contributed by atoms with Crippen molar-refractivity contribution in [3.63, 3.8) is 0 Å². The Morgan fingerprint density at radius 1 is 0.833 bits per heavy atom. The minimum atomic E-state index is -0.00528. The highest BCUT2D eigenvalue weighted by molar-refractivity contribution is 4.56. The lowest BCUT2D eigenvalue weighted by atomic mass is 10.0. The molecule has 0 atom stereocenters. The lowest BCUT2D eigenvalue weighted by molar-refractivity contribution is -0.270. The van der Waals surface area contributed by atoms with Gasteiger partial charge in [0, 0.05) is 0 Å². The second-order valence-electron chi connectivity index (χ2n) is 2.41. The van der Waals surface area contributed by atoms with Gasteiger partial charge in [0.25, 0.3) is 0 Å². The van der Waals surface area contributed by atoms with Crippen molar-refractivity contribution in [2.75, 3.05) is 19.8 Å². The molecule has 0 fully saturated rings. The standard InChI is InChI=1S/C6H14O6/c7-10-3-1-6(5-12-9)2-4-11-8/h6-9H,1-5H2. The molecule has 0 heterocycles. The second-order valence-corrected chi connectivity index (χ2v) is 2.41. The van der Waals surface area contributed by atoms with Crippen LogP contribution in [0.15, 0.2) is 0 Å². The van der Waals surface area contributed by atoms with E-state index >= 15 is 0 Å². The van der Waals surface area contributed by atoms with Crippen molar-refractivity contribution in [3.05, 3.63) is 0 Å². The van der Waals surface area contributed by atoms with Gasteiger partial charge >= 0.3 is 0 Å². The number of rotatable bonds is 8. The third-order valence-electron chi connectivity index (χ3n) is 1.55. The highest BCUT2D eigenvalue weighted by Crippen LogP contribution is 2.08. The Morgan fingerprint density at radius 2 is 1.33 bits per heavy atom. The van der Waals surface area contributed by atoms with E-state index in [1.807, 2.05) is 0 Å². The second kappa shape index (κ2) is 8.85. The van der Waals surface area contributed by atoms with Crippen LogP contribution in [0.25, 0.3) is 0 Å². The van der Waals surface area contributed by atoms with Crippen molar-refractivity contribution >= 4 is 0 Å². The fourth-order valence-corrected chi connectivity index (χ4v) is 0.855. The Kier molecular flexibility index (Phi) is 8.68. The van der Waals surface area contributed by atoms with E-state index in [0.717, 1.165) is 0 Å². The van der Waals surface area contributed by atoms with Crippen LogP contribution in [-0.2, 0) is 14.7 Å². The van der Waals surface area contributed by atoms with E-state index in [4.69, 9.17) is 15.8 Å². The Hall–Kier alpha value is -0.240. The van der Waals surface area contributed by atoms with E-state index in [2.05, 4.69) is 14.7 Å². The summed E-state index contributed by atoms with van der Waals surface area (Å²) in [5, 5.41) is 24.2. The molecular weight excluding hydrogens is 168 g/mol. The molecule has 74 valence electrons. The van der Waals surface area contributed by atoms with Gasteiger partial charge in [-0.05, 0) is 18.8 Å². The molecule has 0 saturated carbocycles. The van der Waals surface area contributed by atoms with Crippen LogP contribution in [0.5, 0.6) is 0 Å². The van der Waals surface area contributed by atoms with E-state index in [1.54, 1.807) is 0 Å². The van der Waals surface area contributed by atoms with Crippen molar-refractivity contribution < 1.29 is 30.4 Å². The van der Waals surface area contributed by atoms with Crippen molar-refractivity contribution in [2.24, 2.45) is 5.92 Å². The third kappa shape index (κ3) is 6.47. The summed E-state index contributed by atoms with van der Waals surface area (Å²) in [4.78, 5) is 11.6. The zero-order chi connectivity index (χ0) is 9.23. The lowest BCUT2D eigenvalue weighted by Gasteiger charge is -2.12. The zero-order valence-electron chi connectivity index (χ0n) is 6.68. The molecule has 6 heteroatoms. The smallest absolute Gasteiger partial charge is 0.0849 e. The Labute approximate surface area is 70.1 Å². The van der Waals surface area contributed by atoms with Gasteiger partial charge in [-0.1, -0.05) is 0 Å². The number of hydrogen-bond acceptors (Lipinski definition) is 6. The van der Waals surface area contributed by atoms with Gasteiger partial charge in [0.1, 0.15) is 0 Å². The molecule has 0 aliphatic rings.